The van der Waals surface area contributed by atoms with E-state index >= 15 is 0 Å². The fourth-order valence-electron chi connectivity index (χ4n) is 1.35. The number of halogens is 4. The third-order valence-corrected chi connectivity index (χ3v) is 3.18. The lowest BCUT2D eigenvalue weighted by Crippen LogP contribution is -2.40. The molecule has 21 heavy (non-hydrogen) atoms. The van der Waals surface area contributed by atoms with Crippen LogP contribution in [0.15, 0.2) is 0 Å². The van der Waals surface area contributed by atoms with Crippen molar-refractivity contribution in [1.29, 1.82) is 0 Å². The zero-order valence-electron chi connectivity index (χ0n) is 13.6. The van der Waals surface area contributed by atoms with Crippen LogP contribution < -0.4 is 22.1 Å². The first-order valence-electron chi connectivity index (χ1n) is 6.87. The summed E-state index contributed by atoms with van der Waals surface area (Å²) in [5.41, 5.74) is 11.9. The topological polar surface area (TPSA) is 76.1 Å². The van der Waals surface area contributed by atoms with Gasteiger partial charge in [-0.2, -0.15) is 0 Å². The smallest absolute Gasteiger partial charge is 0.0188 e. The first kappa shape index (κ1) is 33.6. The van der Waals surface area contributed by atoms with Gasteiger partial charge >= 0.3 is 0 Å². The van der Waals surface area contributed by atoms with Gasteiger partial charge in [-0.25, -0.2) is 0 Å². The highest BCUT2D eigenvalue weighted by molar-refractivity contribution is 5.86. The van der Waals surface area contributed by atoms with E-state index in [9.17, 15) is 0 Å². The number of nitrogens with two attached hydrogens (primary N) is 2. The molecule has 0 heterocycles. The first-order valence-corrected chi connectivity index (χ1v) is 6.87. The molecule has 0 aliphatic rings. The van der Waals surface area contributed by atoms with Gasteiger partial charge in [-0.15, -0.1) is 49.6 Å². The molecule has 0 bridgehead atoms. The van der Waals surface area contributed by atoms with Crippen LogP contribution in [0.3, 0.4) is 0 Å². The van der Waals surface area contributed by atoms with Gasteiger partial charge in [-0.1, -0.05) is 27.7 Å². The molecule has 0 rings (SSSR count). The number of hydrogen-bond acceptors (Lipinski definition) is 4. The van der Waals surface area contributed by atoms with E-state index in [-0.39, 0.29) is 61.7 Å². The second kappa shape index (κ2) is 21.0. The summed E-state index contributed by atoms with van der Waals surface area (Å²) in [7, 11) is 0. The summed E-state index contributed by atoms with van der Waals surface area (Å²) in [4.78, 5) is 0. The van der Waals surface area contributed by atoms with Crippen molar-refractivity contribution in [2.24, 2.45) is 23.3 Å². The van der Waals surface area contributed by atoms with Crippen molar-refractivity contribution in [2.75, 3.05) is 26.2 Å². The van der Waals surface area contributed by atoms with Gasteiger partial charge in [0.2, 0.25) is 0 Å². The molecular formula is C13H36Cl4N4. The molecule has 8 heteroatoms. The summed E-state index contributed by atoms with van der Waals surface area (Å²) in [6.45, 7) is 12.5. The Morgan fingerprint density at radius 3 is 1.19 bits per heavy atom. The molecule has 2 atom stereocenters. The van der Waals surface area contributed by atoms with Crippen molar-refractivity contribution in [2.45, 2.75) is 46.2 Å². The molecule has 0 spiro atoms. The van der Waals surface area contributed by atoms with E-state index in [2.05, 4.69) is 38.3 Å². The Hall–Kier alpha value is 1.00. The van der Waals surface area contributed by atoms with Crippen LogP contribution in [0.2, 0.25) is 0 Å². The van der Waals surface area contributed by atoms with Crippen molar-refractivity contribution in [3.05, 3.63) is 0 Å². The van der Waals surface area contributed by atoms with Crippen molar-refractivity contribution < 1.29 is 0 Å². The van der Waals surface area contributed by atoms with Gasteiger partial charge < -0.3 is 22.1 Å². The first-order chi connectivity index (χ1) is 7.95. The van der Waals surface area contributed by atoms with Crippen LogP contribution in [-0.2, 0) is 0 Å². The lowest BCUT2D eigenvalue weighted by Gasteiger charge is -2.17. The monoisotopic (exact) mass is 388 g/mol. The summed E-state index contributed by atoms with van der Waals surface area (Å²) < 4.78 is 0. The fourth-order valence-corrected chi connectivity index (χ4v) is 1.35. The standard InChI is InChI=1S/C13H32N4.4ClH/c1-10(2)12(14)8-16-6-5-7-17-9-13(15)11(3)4;;;;/h10-13,16-17H,5-9,14-15H2,1-4H3;4*1H/t12-,13-;;;;/m1..../s1. The maximum Gasteiger partial charge on any atom is 0.0188 e. The number of hydrogen-bond donors (Lipinski definition) is 4. The molecule has 4 nitrogen and oxygen atoms in total. The summed E-state index contributed by atoms with van der Waals surface area (Å²) in [6, 6.07) is 0.523. The maximum atomic E-state index is 5.94. The van der Waals surface area contributed by atoms with E-state index in [4.69, 9.17) is 11.5 Å². The zero-order chi connectivity index (χ0) is 13.3. The minimum atomic E-state index is 0. The van der Waals surface area contributed by atoms with E-state index < -0.39 is 0 Å². The highest BCUT2D eigenvalue weighted by Gasteiger charge is 2.07. The Morgan fingerprint density at radius 1 is 0.667 bits per heavy atom. The molecule has 0 aromatic rings. The third-order valence-electron chi connectivity index (χ3n) is 3.18. The van der Waals surface area contributed by atoms with Crippen molar-refractivity contribution in [3.8, 4) is 0 Å². The maximum absolute atomic E-state index is 5.94. The lowest BCUT2D eigenvalue weighted by molar-refractivity contribution is 0.440. The van der Waals surface area contributed by atoms with Crippen LogP contribution in [0, 0.1) is 11.8 Å². The summed E-state index contributed by atoms with van der Waals surface area (Å²) in [5.74, 6) is 1.09. The van der Waals surface area contributed by atoms with E-state index in [0.717, 1.165) is 32.6 Å². The van der Waals surface area contributed by atoms with Gasteiger partial charge in [-0.3, -0.25) is 0 Å². The number of rotatable bonds is 10. The summed E-state index contributed by atoms with van der Waals surface area (Å²) in [6.07, 6.45) is 1.12. The quantitative estimate of drug-likeness (QED) is 0.432. The normalized spacial score (nSPS) is 12.6. The molecule has 0 radical (unpaired) electrons. The minimum absolute atomic E-state index is 0. The molecule has 0 amide bonds. The molecular weight excluding hydrogens is 354 g/mol. The SMILES string of the molecule is CC(C)[C@H](N)CNCCCNC[C@@H](N)C(C)C.Cl.Cl.Cl.Cl. The minimum Gasteiger partial charge on any atom is -0.326 e. The van der Waals surface area contributed by atoms with E-state index in [1.807, 2.05) is 0 Å². The van der Waals surface area contributed by atoms with Crippen molar-refractivity contribution in [3.63, 3.8) is 0 Å². The van der Waals surface area contributed by atoms with Gasteiger partial charge in [0.25, 0.3) is 0 Å². The Morgan fingerprint density at radius 2 is 0.952 bits per heavy atom. The third kappa shape index (κ3) is 21.0. The lowest BCUT2D eigenvalue weighted by atomic mass is 10.1. The largest absolute Gasteiger partial charge is 0.326 e. The molecule has 0 saturated heterocycles. The molecule has 0 saturated carbocycles. The highest BCUT2D eigenvalue weighted by atomic mass is 35.5. The zero-order valence-corrected chi connectivity index (χ0v) is 16.9. The molecule has 136 valence electrons. The molecule has 0 fully saturated rings. The average molecular weight is 390 g/mol. The van der Waals surface area contributed by atoms with Crippen LogP contribution in [0.5, 0.6) is 0 Å². The van der Waals surface area contributed by atoms with E-state index in [0.29, 0.717) is 11.8 Å². The number of nitrogens with one attached hydrogen (secondary N) is 2. The highest BCUT2D eigenvalue weighted by Crippen LogP contribution is 1.96. The summed E-state index contributed by atoms with van der Waals surface area (Å²) in [5, 5.41) is 6.76. The predicted molar refractivity (Wildman–Crippen MR) is 105 cm³/mol. The van der Waals surface area contributed by atoms with E-state index in [1.165, 1.54) is 0 Å². The van der Waals surface area contributed by atoms with Crippen LogP contribution >= 0.6 is 49.6 Å². The average Bonchev–Trinajstić information content (AvgIpc) is 2.26. The van der Waals surface area contributed by atoms with Crippen LogP contribution in [0.25, 0.3) is 0 Å². The Balaban J connectivity index is -0.000000213. The second-order valence-corrected chi connectivity index (χ2v) is 5.58. The summed E-state index contributed by atoms with van der Waals surface area (Å²) >= 11 is 0. The molecule has 0 aromatic heterocycles. The van der Waals surface area contributed by atoms with Gasteiger partial charge in [0.15, 0.2) is 0 Å². The van der Waals surface area contributed by atoms with E-state index in [1.54, 1.807) is 0 Å². The second-order valence-electron chi connectivity index (χ2n) is 5.58. The van der Waals surface area contributed by atoms with Crippen LogP contribution in [0.1, 0.15) is 34.1 Å². The Labute approximate surface area is 156 Å². The fraction of sp³-hybridized carbons (Fsp3) is 1.00. The molecule has 0 aromatic carbocycles. The molecule has 0 unspecified atom stereocenters. The molecule has 0 aliphatic heterocycles. The van der Waals surface area contributed by atoms with Crippen LogP contribution in [0.4, 0.5) is 0 Å². The van der Waals surface area contributed by atoms with Gasteiger partial charge in [0.1, 0.15) is 0 Å². The van der Waals surface area contributed by atoms with Gasteiger partial charge in [0.05, 0.1) is 0 Å². The van der Waals surface area contributed by atoms with Crippen molar-refractivity contribution >= 4 is 49.6 Å². The Kier molecular flexibility index (Phi) is 33.6. The Bertz CT molecular complexity index is 168. The molecule has 6 N–H and O–H groups in total. The predicted octanol–water partition coefficient (Wildman–Crippen LogP) is 2.21. The van der Waals surface area contributed by atoms with Crippen LogP contribution in [-0.4, -0.2) is 38.3 Å². The van der Waals surface area contributed by atoms with Gasteiger partial charge in [-0.05, 0) is 31.3 Å². The van der Waals surface area contributed by atoms with Crippen molar-refractivity contribution in [1.82, 2.24) is 10.6 Å². The van der Waals surface area contributed by atoms with Gasteiger partial charge in [0, 0.05) is 25.2 Å². The molecule has 0 aliphatic carbocycles.